The highest BCUT2D eigenvalue weighted by atomic mass is 16.5. The first-order chi connectivity index (χ1) is 13.1. The molecule has 0 aliphatic carbocycles. The van der Waals surface area contributed by atoms with E-state index in [1.54, 1.807) is 27.8 Å². The van der Waals surface area contributed by atoms with E-state index in [4.69, 9.17) is 4.74 Å². The lowest BCUT2D eigenvalue weighted by molar-refractivity contribution is -0.0432. The molecule has 0 bridgehead atoms. The summed E-state index contributed by atoms with van der Waals surface area (Å²) >= 11 is 0. The maximum Gasteiger partial charge on any atom is 0.168 e. The summed E-state index contributed by atoms with van der Waals surface area (Å²) in [5.41, 5.74) is 2.53. The lowest BCUT2D eigenvalue weighted by atomic mass is 10.1. The highest BCUT2D eigenvalue weighted by Gasteiger charge is 2.35. The molecule has 3 N–H and O–H groups in total. The van der Waals surface area contributed by atoms with E-state index >= 15 is 0 Å². The molecule has 1 aliphatic heterocycles. The van der Waals surface area contributed by atoms with Crippen molar-refractivity contribution >= 4 is 16.8 Å². The molecule has 146 valence electrons. The summed E-state index contributed by atoms with van der Waals surface area (Å²) < 4.78 is 9.23. The second kappa shape index (κ2) is 7.51. The molecule has 1 aliphatic rings. The Morgan fingerprint density at radius 2 is 2.07 bits per heavy atom. The number of rotatable bonds is 7. The lowest BCUT2D eigenvalue weighted by Crippen LogP contribution is -2.24. The van der Waals surface area contributed by atoms with E-state index in [9.17, 15) is 15.3 Å². The average molecular weight is 375 g/mol. The largest absolute Gasteiger partial charge is 0.394 e. The number of aromatic nitrogens is 5. The van der Waals surface area contributed by atoms with Crippen LogP contribution in [0.5, 0.6) is 0 Å². The minimum atomic E-state index is -0.725. The number of hydrogen-bond acceptors (Lipinski definition) is 7. The van der Waals surface area contributed by atoms with Crippen molar-refractivity contribution in [2.24, 2.45) is 0 Å². The predicted molar refractivity (Wildman–Crippen MR) is 97.0 cm³/mol. The molecule has 9 heteroatoms. The third-order valence-corrected chi connectivity index (χ3v) is 5.22. The molecule has 4 heterocycles. The smallest absolute Gasteiger partial charge is 0.168 e. The van der Waals surface area contributed by atoms with Gasteiger partial charge in [-0.2, -0.15) is 0 Å². The molecule has 0 amide bonds. The highest BCUT2D eigenvalue weighted by Crippen LogP contribution is 2.31. The van der Waals surface area contributed by atoms with Crippen molar-refractivity contribution < 1.29 is 20.1 Å². The zero-order valence-electron chi connectivity index (χ0n) is 15.3. The Labute approximate surface area is 156 Å². The summed E-state index contributed by atoms with van der Waals surface area (Å²) in [5.74, 6) is 0. The minimum Gasteiger partial charge on any atom is -0.394 e. The second-order valence-corrected chi connectivity index (χ2v) is 7.07. The zero-order valence-corrected chi connectivity index (χ0v) is 15.3. The fourth-order valence-corrected chi connectivity index (χ4v) is 3.67. The third-order valence-electron chi connectivity index (χ3n) is 5.22. The van der Waals surface area contributed by atoms with Crippen LogP contribution in [0.1, 0.15) is 57.1 Å². The van der Waals surface area contributed by atoms with E-state index in [0.717, 1.165) is 19.3 Å². The summed E-state index contributed by atoms with van der Waals surface area (Å²) in [6.45, 7) is 1.90. The van der Waals surface area contributed by atoms with Gasteiger partial charge in [-0.3, -0.25) is 8.97 Å². The molecule has 3 aromatic heterocycles. The Bertz CT molecular complexity index is 923. The topological polar surface area (TPSA) is 118 Å². The van der Waals surface area contributed by atoms with Gasteiger partial charge in [0.1, 0.15) is 18.7 Å². The Morgan fingerprint density at radius 1 is 1.22 bits per heavy atom. The van der Waals surface area contributed by atoms with E-state index in [1.807, 2.05) is 0 Å². The van der Waals surface area contributed by atoms with E-state index in [1.165, 1.54) is 0 Å². The molecule has 0 saturated carbocycles. The summed E-state index contributed by atoms with van der Waals surface area (Å²) in [4.78, 5) is 13.4. The van der Waals surface area contributed by atoms with Gasteiger partial charge < -0.3 is 20.1 Å². The van der Waals surface area contributed by atoms with Crippen LogP contribution in [0.3, 0.4) is 0 Å². The van der Waals surface area contributed by atoms with Crippen molar-refractivity contribution in [3.05, 3.63) is 24.5 Å². The van der Waals surface area contributed by atoms with Gasteiger partial charge in [0.25, 0.3) is 0 Å². The van der Waals surface area contributed by atoms with Gasteiger partial charge in [0.15, 0.2) is 16.8 Å². The SMILES string of the molecule is CCCCC[C@@H](O)c1cnc2c3ncn([C@H]4C[C@H](O)[C@@H](CO)O4)c3ncn12. The van der Waals surface area contributed by atoms with Gasteiger partial charge in [0, 0.05) is 6.42 Å². The van der Waals surface area contributed by atoms with Crippen molar-refractivity contribution in [1.29, 1.82) is 0 Å². The van der Waals surface area contributed by atoms with Crippen LogP contribution in [-0.2, 0) is 4.74 Å². The van der Waals surface area contributed by atoms with E-state index < -0.39 is 24.5 Å². The Hall–Kier alpha value is -2.07. The fraction of sp³-hybridized carbons (Fsp3) is 0.611. The summed E-state index contributed by atoms with van der Waals surface area (Å²) in [7, 11) is 0. The molecule has 9 nitrogen and oxygen atoms in total. The summed E-state index contributed by atoms with van der Waals surface area (Å²) in [6, 6.07) is 0. The number of hydrogen-bond donors (Lipinski definition) is 3. The maximum atomic E-state index is 10.5. The van der Waals surface area contributed by atoms with Gasteiger partial charge in [0.2, 0.25) is 0 Å². The minimum absolute atomic E-state index is 0.235. The maximum absolute atomic E-state index is 10.5. The molecule has 1 fully saturated rings. The van der Waals surface area contributed by atoms with Crippen LogP contribution in [0.15, 0.2) is 18.9 Å². The molecule has 27 heavy (non-hydrogen) atoms. The van der Waals surface area contributed by atoms with Crippen LogP contribution in [0, 0.1) is 0 Å². The highest BCUT2D eigenvalue weighted by molar-refractivity contribution is 5.85. The van der Waals surface area contributed by atoms with Gasteiger partial charge in [-0.15, -0.1) is 0 Å². The van der Waals surface area contributed by atoms with E-state index in [0.29, 0.717) is 35.3 Å². The molecule has 0 radical (unpaired) electrons. The van der Waals surface area contributed by atoms with E-state index in [-0.39, 0.29) is 6.61 Å². The second-order valence-electron chi connectivity index (χ2n) is 7.07. The Balaban J connectivity index is 1.65. The van der Waals surface area contributed by atoms with Crippen molar-refractivity contribution in [1.82, 2.24) is 23.9 Å². The number of nitrogens with zero attached hydrogens (tertiary/aromatic N) is 5. The Kier molecular flexibility index (Phi) is 5.09. The summed E-state index contributed by atoms with van der Waals surface area (Å²) in [6.07, 6.45) is 6.76. The van der Waals surface area contributed by atoms with Crippen LogP contribution < -0.4 is 0 Å². The van der Waals surface area contributed by atoms with Crippen LogP contribution in [0.4, 0.5) is 0 Å². The molecule has 4 rings (SSSR count). The van der Waals surface area contributed by atoms with Crippen LogP contribution in [0.25, 0.3) is 16.8 Å². The van der Waals surface area contributed by atoms with Crippen LogP contribution >= 0.6 is 0 Å². The Morgan fingerprint density at radius 3 is 2.81 bits per heavy atom. The first kappa shape index (κ1) is 18.3. The zero-order chi connectivity index (χ0) is 19.0. The number of imidazole rings is 2. The molecule has 1 saturated heterocycles. The van der Waals surface area contributed by atoms with Gasteiger partial charge in [0.05, 0.1) is 37.0 Å². The van der Waals surface area contributed by atoms with Crippen molar-refractivity contribution in [3.63, 3.8) is 0 Å². The van der Waals surface area contributed by atoms with Gasteiger partial charge in [-0.1, -0.05) is 26.2 Å². The monoisotopic (exact) mass is 375 g/mol. The number of fused-ring (bicyclic) bond motifs is 3. The number of aliphatic hydroxyl groups is 3. The average Bonchev–Trinajstić information content (AvgIpc) is 3.36. The molecule has 3 aromatic rings. The first-order valence-corrected chi connectivity index (χ1v) is 9.45. The van der Waals surface area contributed by atoms with Crippen molar-refractivity contribution in [2.45, 2.75) is 63.6 Å². The number of ether oxygens (including phenoxy) is 1. The molecular weight excluding hydrogens is 350 g/mol. The quantitative estimate of drug-likeness (QED) is 0.533. The normalized spacial score (nSPS) is 24.2. The van der Waals surface area contributed by atoms with Gasteiger partial charge in [-0.05, 0) is 6.42 Å². The van der Waals surface area contributed by atoms with Crippen molar-refractivity contribution in [3.8, 4) is 0 Å². The standard InChI is InChI=1S/C18H25N5O4/c1-2-3-4-5-12(25)11-7-19-17-16-18(21-10-22(11)17)23(9-20-16)15-6-13(26)14(8-24)27-15/h7,9-10,12-15,24-26H,2-6,8H2,1H3/t12-,13+,14-,15-/m1/s1. The number of aliphatic hydroxyl groups excluding tert-OH is 3. The fourth-order valence-electron chi connectivity index (χ4n) is 3.67. The molecule has 0 aromatic carbocycles. The molecule has 4 atom stereocenters. The summed E-state index contributed by atoms with van der Waals surface area (Å²) in [5, 5.41) is 29.7. The predicted octanol–water partition coefficient (Wildman–Crippen LogP) is 1.33. The van der Waals surface area contributed by atoms with Gasteiger partial charge in [-0.25, -0.2) is 15.0 Å². The molecule has 0 unspecified atom stereocenters. The number of unbranched alkanes of at least 4 members (excludes halogenated alkanes) is 2. The molecule has 0 spiro atoms. The van der Waals surface area contributed by atoms with Crippen LogP contribution in [-0.4, -0.2) is 58.1 Å². The third kappa shape index (κ3) is 3.20. The van der Waals surface area contributed by atoms with E-state index in [2.05, 4.69) is 21.9 Å². The van der Waals surface area contributed by atoms with Gasteiger partial charge >= 0.3 is 0 Å². The van der Waals surface area contributed by atoms with Crippen LogP contribution in [0.2, 0.25) is 0 Å². The lowest BCUT2D eigenvalue weighted by Gasteiger charge is -2.13. The first-order valence-electron chi connectivity index (χ1n) is 9.45. The molecular formula is C18H25N5O4. The van der Waals surface area contributed by atoms with Crippen molar-refractivity contribution in [2.75, 3.05) is 6.61 Å².